The van der Waals surface area contributed by atoms with Crippen molar-refractivity contribution in [2.45, 2.75) is 32.1 Å². The number of hydrogen-bond donors (Lipinski definition) is 2. The van der Waals surface area contributed by atoms with Crippen LogP contribution in [0.4, 0.5) is 5.82 Å². The first-order valence-corrected chi connectivity index (χ1v) is 6.51. The largest absolute Gasteiger partial charge is 0.481 e. The number of rotatable bonds is 4. The van der Waals surface area contributed by atoms with Crippen molar-refractivity contribution in [1.29, 1.82) is 5.26 Å². The third-order valence-corrected chi connectivity index (χ3v) is 3.74. The van der Waals surface area contributed by atoms with Crippen molar-refractivity contribution in [3.05, 3.63) is 23.9 Å². The van der Waals surface area contributed by atoms with E-state index in [4.69, 9.17) is 5.26 Å². The molecular weight excluding hydrogens is 242 g/mol. The zero-order valence-corrected chi connectivity index (χ0v) is 10.7. The SMILES string of the molecule is N#Cc1cccc(NCC2(C(=O)O)CCCCC2)n1. The lowest BCUT2D eigenvalue weighted by molar-refractivity contribution is -0.150. The maximum atomic E-state index is 11.5. The fourth-order valence-corrected chi connectivity index (χ4v) is 2.55. The number of carbonyl (C=O) groups is 1. The average Bonchev–Trinajstić information content (AvgIpc) is 2.46. The Morgan fingerprint density at radius 1 is 1.42 bits per heavy atom. The Kier molecular flexibility index (Phi) is 4.00. The van der Waals surface area contributed by atoms with Crippen LogP contribution in [0.15, 0.2) is 18.2 Å². The number of aromatic nitrogens is 1. The fourth-order valence-electron chi connectivity index (χ4n) is 2.55. The summed E-state index contributed by atoms with van der Waals surface area (Å²) in [5, 5.41) is 21.3. The van der Waals surface area contributed by atoms with E-state index >= 15 is 0 Å². The molecular formula is C14H17N3O2. The van der Waals surface area contributed by atoms with Crippen LogP contribution in [-0.2, 0) is 4.79 Å². The molecule has 19 heavy (non-hydrogen) atoms. The molecule has 1 heterocycles. The zero-order valence-electron chi connectivity index (χ0n) is 10.7. The van der Waals surface area contributed by atoms with Gasteiger partial charge in [-0.25, -0.2) is 4.98 Å². The van der Waals surface area contributed by atoms with Gasteiger partial charge in [0.25, 0.3) is 0 Å². The quantitative estimate of drug-likeness (QED) is 0.867. The molecule has 1 aliphatic rings. The van der Waals surface area contributed by atoms with Crippen LogP contribution in [0.2, 0.25) is 0 Å². The molecule has 1 fully saturated rings. The van der Waals surface area contributed by atoms with Gasteiger partial charge in [0.15, 0.2) is 0 Å². The van der Waals surface area contributed by atoms with Gasteiger partial charge in [0.1, 0.15) is 17.6 Å². The summed E-state index contributed by atoms with van der Waals surface area (Å²) in [7, 11) is 0. The lowest BCUT2D eigenvalue weighted by Crippen LogP contribution is -2.39. The number of hydrogen-bond acceptors (Lipinski definition) is 4. The van der Waals surface area contributed by atoms with Gasteiger partial charge in [0, 0.05) is 6.54 Å². The molecule has 2 N–H and O–H groups in total. The van der Waals surface area contributed by atoms with E-state index in [1.165, 1.54) is 0 Å². The Labute approximate surface area is 112 Å². The van der Waals surface area contributed by atoms with Gasteiger partial charge in [-0.05, 0) is 25.0 Å². The van der Waals surface area contributed by atoms with E-state index in [0.29, 0.717) is 30.9 Å². The molecule has 0 saturated heterocycles. The van der Waals surface area contributed by atoms with Crippen molar-refractivity contribution in [3.8, 4) is 6.07 Å². The first-order chi connectivity index (χ1) is 9.16. The molecule has 0 atom stereocenters. The van der Waals surface area contributed by atoms with Gasteiger partial charge in [0.05, 0.1) is 5.41 Å². The van der Waals surface area contributed by atoms with E-state index in [2.05, 4.69) is 10.3 Å². The lowest BCUT2D eigenvalue weighted by atomic mass is 9.74. The van der Waals surface area contributed by atoms with E-state index in [1.54, 1.807) is 18.2 Å². The first-order valence-electron chi connectivity index (χ1n) is 6.51. The van der Waals surface area contributed by atoms with Crippen LogP contribution < -0.4 is 5.32 Å². The monoisotopic (exact) mass is 259 g/mol. The number of aliphatic carboxylic acids is 1. The van der Waals surface area contributed by atoms with E-state index < -0.39 is 11.4 Å². The maximum Gasteiger partial charge on any atom is 0.311 e. The predicted molar refractivity (Wildman–Crippen MR) is 70.6 cm³/mol. The van der Waals surface area contributed by atoms with Crippen LogP contribution >= 0.6 is 0 Å². The Hall–Kier alpha value is -2.09. The summed E-state index contributed by atoms with van der Waals surface area (Å²) in [5.41, 5.74) is -0.360. The molecule has 1 saturated carbocycles. The Balaban J connectivity index is 2.06. The summed E-state index contributed by atoms with van der Waals surface area (Å²) >= 11 is 0. The minimum Gasteiger partial charge on any atom is -0.481 e. The second kappa shape index (κ2) is 5.70. The van der Waals surface area contributed by atoms with Gasteiger partial charge in [-0.2, -0.15) is 5.26 Å². The molecule has 0 unspecified atom stereocenters. The second-order valence-corrected chi connectivity index (χ2v) is 5.02. The lowest BCUT2D eigenvalue weighted by Gasteiger charge is -2.33. The molecule has 5 nitrogen and oxygen atoms in total. The molecule has 0 aliphatic heterocycles. The highest BCUT2D eigenvalue weighted by Crippen LogP contribution is 2.36. The molecule has 2 rings (SSSR count). The van der Waals surface area contributed by atoms with E-state index in [0.717, 1.165) is 19.3 Å². The summed E-state index contributed by atoms with van der Waals surface area (Å²) in [6.45, 7) is 0.365. The molecule has 0 bridgehead atoms. The van der Waals surface area contributed by atoms with Crippen LogP contribution in [0.3, 0.4) is 0 Å². The Bertz CT molecular complexity index is 502. The van der Waals surface area contributed by atoms with Crippen LogP contribution in [0.25, 0.3) is 0 Å². The summed E-state index contributed by atoms with van der Waals surface area (Å²) < 4.78 is 0. The Morgan fingerprint density at radius 2 is 2.16 bits per heavy atom. The standard InChI is InChI=1S/C14H17N3O2/c15-9-11-5-4-6-12(17-11)16-10-14(13(18)19)7-2-1-3-8-14/h4-6H,1-3,7-8,10H2,(H,16,17)(H,18,19). The van der Waals surface area contributed by atoms with Crippen LogP contribution in [0, 0.1) is 16.7 Å². The number of carboxylic acid groups (broad SMARTS) is 1. The van der Waals surface area contributed by atoms with Crippen molar-refractivity contribution in [2.75, 3.05) is 11.9 Å². The molecule has 1 aliphatic carbocycles. The third kappa shape index (κ3) is 3.02. The van der Waals surface area contributed by atoms with Gasteiger partial charge >= 0.3 is 5.97 Å². The van der Waals surface area contributed by atoms with E-state index in [-0.39, 0.29) is 0 Å². The third-order valence-electron chi connectivity index (χ3n) is 3.74. The van der Waals surface area contributed by atoms with Gasteiger partial charge < -0.3 is 10.4 Å². The van der Waals surface area contributed by atoms with Crippen molar-refractivity contribution in [3.63, 3.8) is 0 Å². The molecule has 1 aromatic rings. The summed E-state index contributed by atoms with van der Waals surface area (Å²) in [5.74, 6) is -0.179. The van der Waals surface area contributed by atoms with Crippen LogP contribution in [-0.4, -0.2) is 22.6 Å². The summed E-state index contributed by atoms with van der Waals surface area (Å²) in [4.78, 5) is 15.6. The zero-order chi connectivity index (χ0) is 13.7. The van der Waals surface area contributed by atoms with Gasteiger partial charge in [0.2, 0.25) is 0 Å². The number of nitrogens with one attached hydrogen (secondary N) is 1. The minimum atomic E-state index is -0.740. The topological polar surface area (TPSA) is 86.0 Å². The molecule has 1 aromatic heterocycles. The molecule has 0 amide bonds. The van der Waals surface area contributed by atoms with Gasteiger partial charge in [-0.1, -0.05) is 25.3 Å². The van der Waals surface area contributed by atoms with Crippen molar-refractivity contribution in [2.24, 2.45) is 5.41 Å². The highest BCUT2D eigenvalue weighted by Gasteiger charge is 2.39. The van der Waals surface area contributed by atoms with Crippen molar-refractivity contribution in [1.82, 2.24) is 4.98 Å². The molecule has 5 heteroatoms. The van der Waals surface area contributed by atoms with E-state index in [9.17, 15) is 9.90 Å². The average molecular weight is 259 g/mol. The first kappa shape index (κ1) is 13.3. The Morgan fingerprint density at radius 3 is 2.79 bits per heavy atom. The fraction of sp³-hybridized carbons (Fsp3) is 0.500. The second-order valence-electron chi connectivity index (χ2n) is 5.02. The highest BCUT2D eigenvalue weighted by atomic mass is 16.4. The van der Waals surface area contributed by atoms with E-state index in [1.807, 2.05) is 6.07 Å². The molecule has 0 spiro atoms. The van der Waals surface area contributed by atoms with Gasteiger partial charge in [-0.15, -0.1) is 0 Å². The number of pyridine rings is 1. The highest BCUT2D eigenvalue weighted by molar-refractivity contribution is 5.75. The normalized spacial score (nSPS) is 17.4. The van der Waals surface area contributed by atoms with Crippen LogP contribution in [0.5, 0.6) is 0 Å². The van der Waals surface area contributed by atoms with Crippen molar-refractivity contribution >= 4 is 11.8 Å². The van der Waals surface area contributed by atoms with Crippen molar-refractivity contribution < 1.29 is 9.90 Å². The molecule has 100 valence electrons. The number of nitriles is 1. The van der Waals surface area contributed by atoms with Crippen LogP contribution in [0.1, 0.15) is 37.8 Å². The number of carboxylic acids is 1. The molecule has 0 radical (unpaired) electrons. The minimum absolute atomic E-state index is 0.331. The number of nitrogens with zero attached hydrogens (tertiary/aromatic N) is 2. The smallest absolute Gasteiger partial charge is 0.311 e. The van der Waals surface area contributed by atoms with Gasteiger partial charge in [-0.3, -0.25) is 4.79 Å². The summed E-state index contributed by atoms with van der Waals surface area (Å²) in [6.07, 6.45) is 4.43. The number of anilines is 1. The maximum absolute atomic E-state index is 11.5. The predicted octanol–water partition coefficient (Wildman–Crippen LogP) is 2.40. The summed E-state index contributed by atoms with van der Waals surface area (Å²) in [6, 6.07) is 7.08. The molecule has 0 aromatic carbocycles.